The normalized spacial score (nSPS) is 13.7. The molecule has 0 aliphatic carbocycles. The highest BCUT2D eigenvalue weighted by molar-refractivity contribution is 5.43. The Labute approximate surface area is 127 Å². The largest absolute Gasteiger partial charge is 0.457 e. The quantitative estimate of drug-likeness (QED) is 0.770. The Kier molecular flexibility index (Phi) is 5.40. The fourth-order valence-electron chi connectivity index (χ4n) is 2.42. The molecule has 0 aliphatic heterocycles. The first-order valence-electron chi connectivity index (χ1n) is 7.78. The molecule has 112 valence electrons. The Morgan fingerprint density at radius 2 is 1.38 bits per heavy atom. The first-order chi connectivity index (χ1) is 10.2. The van der Waals surface area contributed by atoms with E-state index in [0.717, 1.165) is 29.9 Å². The molecule has 0 saturated heterocycles. The Balaban J connectivity index is 2.35. The third-order valence-corrected chi connectivity index (χ3v) is 4.04. The molecule has 2 heteroatoms. The summed E-state index contributed by atoms with van der Waals surface area (Å²) in [7, 11) is 0. The van der Waals surface area contributed by atoms with Crippen LogP contribution >= 0.6 is 0 Å². The van der Waals surface area contributed by atoms with Crippen molar-refractivity contribution in [2.75, 3.05) is 0 Å². The highest BCUT2D eigenvalue weighted by Crippen LogP contribution is 2.35. The van der Waals surface area contributed by atoms with E-state index in [4.69, 9.17) is 10.5 Å². The average molecular weight is 283 g/mol. The van der Waals surface area contributed by atoms with Crippen LogP contribution in [0.2, 0.25) is 0 Å². The number of nitrogens with two attached hydrogens (primary N) is 1. The number of benzene rings is 2. The molecule has 2 aromatic rings. The van der Waals surface area contributed by atoms with Gasteiger partial charge in [0.05, 0.1) is 0 Å². The van der Waals surface area contributed by atoms with Crippen molar-refractivity contribution >= 4 is 0 Å². The molecule has 0 spiro atoms. The van der Waals surface area contributed by atoms with Crippen LogP contribution < -0.4 is 10.5 Å². The van der Waals surface area contributed by atoms with Crippen LogP contribution in [0.4, 0.5) is 0 Å². The molecule has 0 aliphatic rings. The van der Waals surface area contributed by atoms with E-state index >= 15 is 0 Å². The number of rotatable bonds is 6. The molecule has 0 radical (unpaired) electrons. The second-order valence-corrected chi connectivity index (χ2v) is 5.50. The molecule has 0 amide bonds. The van der Waals surface area contributed by atoms with E-state index in [2.05, 4.69) is 39.0 Å². The number of para-hydroxylation sites is 2. The van der Waals surface area contributed by atoms with E-state index in [1.54, 1.807) is 0 Å². The summed E-state index contributed by atoms with van der Waals surface area (Å²) in [5.41, 5.74) is 8.51. The maximum atomic E-state index is 6.21. The van der Waals surface area contributed by atoms with Crippen molar-refractivity contribution in [1.29, 1.82) is 0 Å². The lowest BCUT2D eigenvalue weighted by Gasteiger charge is -2.19. The molecule has 21 heavy (non-hydrogen) atoms. The standard InChI is InChI=1S/C19H25NO/c1-4-14(3)15-10-6-8-12-18(15)21-19-13-9-7-11-16(19)17(20)5-2/h6-14,17H,4-5,20H2,1-3H3/t14?,17-/m0/s1. The highest BCUT2D eigenvalue weighted by atomic mass is 16.5. The minimum absolute atomic E-state index is 0.0111. The van der Waals surface area contributed by atoms with Gasteiger partial charge in [0, 0.05) is 11.6 Å². The minimum Gasteiger partial charge on any atom is -0.457 e. The second-order valence-electron chi connectivity index (χ2n) is 5.50. The van der Waals surface area contributed by atoms with Gasteiger partial charge in [0.25, 0.3) is 0 Å². The fourth-order valence-corrected chi connectivity index (χ4v) is 2.42. The summed E-state index contributed by atoms with van der Waals surface area (Å²) in [6.07, 6.45) is 1.99. The Hall–Kier alpha value is -1.80. The van der Waals surface area contributed by atoms with Crippen molar-refractivity contribution in [2.45, 2.75) is 45.6 Å². The van der Waals surface area contributed by atoms with E-state index < -0.39 is 0 Å². The van der Waals surface area contributed by atoms with Crippen LogP contribution in [0.3, 0.4) is 0 Å². The SMILES string of the molecule is CCC(C)c1ccccc1Oc1ccccc1[C@@H](N)CC. The molecule has 2 rings (SSSR count). The molecule has 0 aromatic heterocycles. The number of hydrogen-bond donors (Lipinski definition) is 1. The van der Waals surface area contributed by atoms with Gasteiger partial charge in [-0.3, -0.25) is 0 Å². The predicted molar refractivity (Wildman–Crippen MR) is 88.9 cm³/mol. The topological polar surface area (TPSA) is 35.2 Å². The van der Waals surface area contributed by atoms with Crippen molar-refractivity contribution in [3.05, 3.63) is 59.7 Å². The summed E-state index contributed by atoms with van der Waals surface area (Å²) < 4.78 is 6.21. The molecule has 1 unspecified atom stereocenters. The van der Waals surface area contributed by atoms with Crippen LogP contribution in [0.1, 0.15) is 56.7 Å². The van der Waals surface area contributed by atoms with Crippen LogP contribution in [-0.4, -0.2) is 0 Å². The monoisotopic (exact) mass is 283 g/mol. The zero-order valence-electron chi connectivity index (χ0n) is 13.2. The zero-order chi connectivity index (χ0) is 15.2. The van der Waals surface area contributed by atoms with Gasteiger partial charge in [0.1, 0.15) is 11.5 Å². The molecular weight excluding hydrogens is 258 g/mol. The molecule has 0 heterocycles. The molecular formula is C19H25NO. The molecule has 2 aromatic carbocycles. The lowest BCUT2D eigenvalue weighted by Crippen LogP contribution is -2.10. The summed E-state index contributed by atoms with van der Waals surface area (Å²) in [5.74, 6) is 2.28. The van der Waals surface area contributed by atoms with Crippen LogP contribution in [-0.2, 0) is 0 Å². The summed E-state index contributed by atoms with van der Waals surface area (Å²) in [6.45, 7) is 6.52. The van der Waals surface area contributed by atoms with E-state index in [9.17, 15) is 0 Å². The van der Waals surface area contributed by atoms with Gasteiger partial charge < -0.3 is 10.5 Å². The van der Waals surface area contributed by atoms with Gasteiger partial charge in [0.2, 0.25) is 0 Å². The fraction of sp³-hybridized carbons (Fsp3) is 0.368. The summed E-state index contributed by atoms with van der Waals surface area (Å²) in [4.78, 5) is 0. The van der Waals surface area contributed by atoms with Gasteiger partial charge in [-0.2, -0.15) is 0 Å². The summed E-state index contributed by atoms with van der Waals surface area (Å²) in [6, 6.07) is 16.3. The lowest BCUT2D eigenvalue weighted by molar-refractivity contribution is 0.458. The van der Waals surface area contributed by atoms with Gasteiger partial charge in [-0.15, -0.1) is 0 Å². The van der Waals surface area contributed by atoms with Crippen LogP contribution in [0.25, 0.3) is 0 Å². The van der Waals surface area contributed by atoms with E-state index in [1.807, 2.05) is 30.3 Å². The molecule has 0 bridgehead atoms. The van der Waals surface area contributed by atoms with Gasteiger partial charge in [0.15, 0.2) is 0 Å². The van der Waals surface area contributed by atoms with Crippen LogP contribution in [0.15, 0.2) is 48.5 Å². The maximum Gasteiger partial charge on any atom is 0.132 e. The summed E-state index contributed by atoms with van der Waals surface area (Å²) >= 11 is 0. The van der Waals surface area contributed by atoms with Crippen molar-refractivity contribution < 1.29 is 4.74 Å². The molecule has 0 saturated carbocycles. The van der Waals surface area contributed by atoms with Gasteiger partial charge in [-0.1, -0.05) is 57.2 Å². The van der Waals surface area contributed by atoms with E-state index in [-0.39, 0.29) is 6.04 Å². The van der Waals surface area contributed by atoms with Crippen molar-refractivity contribution in [1.82, 2.24) is 0 Å². The first-order valence-corrected chi connectivity index (χ1v) is 7.78. The van der Waals surface area contributed by atoms with Gasteiger partial charge in [-0.05, 0) is 36.5 Å². The van der Waals surface area contributed by atoms with E-state index in [1.165, 1.54) is 5.56 Å². The smallest absolute Gasteiger partial charge is 0.132 e. The third kappa shape index (κ3) is 3.64. The first kappa shape index (κ1) is 15.6. The number of ether oxygens (including phenoxy) is 1. The Morgan fingerprint density at radius 3 is 1.95 bits per heavy atom. The third-order valence-electron chi connectivity index (χ3n) is 4.04. The molecule has 2 nitrogen and oxygen atoms in total. The predicted octanol–water partition coefficient (Wildman–Crippen LogP) is 5.40. The molecule has 0 fully saturated rings. The van der Waals surface area contributed by atoms with Crippen molar-refractivity contribution in [2.24, 2.45) is 5.73 Å². The maximum absolute atomic E-state index is 6.21. The average Bonchev–Trinajstić information content (AvgIpc) is 2.54. The zero-order valence-corrected chi connectivity index (χ0v) is 13.2. The van der Waals surface area contributed by atoms with E-state index in [0.29, 0.717) is 5.92 Å². The lowest BCUT2D eigenvalue weighted by atomic mass is 9.97. The summed E-state index contributed by atoms with van der Waals surface area (Å²) in [5, 5.41) is 0. The van der Waals surface area contributed by atoms with Gasteiger partial charge in [-0.25, -0.2) is 0 Å². The van der Waals surface area contributed by atoms with Crippen LogP contribution in [0, 0.1) is 0 Å². The number of hydrogen-bond acceptors (Lipinski definition) is 2. The Bertz CT molecular complexity index is 528. The van der Waals surface area contributed by atoms with Gasteiger partial charge >= 0.3 is 0 Å². The highest BCUT2D eigenvalue weighted by Gasteiger charge is 2.14. The Morgan fingerprint density at radius 1 is 0.857 bits per heavy atom. The van der Waals surface area contributed by atoms with Crippen molar-refractivity contribution in [3.8, 4) is 11.5 Å². The minimum atomic E-state index is 0.0111. The second kappa shape index (κ2) is 7.28. The molecule has 2 N–H and O–H groups in total. The van der Waals surface area contributed by atoms with Crippen molar-refractivity contribution in [3.63, 3.8) is 0 Å². The molecule has 2 atom stereocenters. The van der Waals surface area contributed by atoms with Crippen LogP contribution in [0.5, 0.6) is 11.5 Å².